The van der Waals surface area contributed by atoms with Gasteiger partial charge in [0.15, 0.2) is 0 Å². The van der Waals surface area contributed by atoms with Crippen LogP contribution >= 0.6 is 23.5 Å². The van der Waals surface area contributed by atoms with Crippen LogP contribution in [0.3, 0.4) is 0 Å². The average Bonchev–Trinajstić information content (AvgIpc) is 3.02. The molecule has 0 saturated carbocycles. The van der Waals surface area contributed by atoms with E-state index in [-0.39, 0.29) is 0 Å². The van der Waals surface area contributed by atoms with Crippen LogP contribution in [0.25, 0.3) is 27.6 Å². The normalized spacial score (nSPS) is 11.2. The second-order valence-electron chi connectivity index (χ2n) is 5.90. The van der Waals surface area contributed by atoms with Crippen molar-refractivity contribution in [2.45, 2.75) is 0 Å². The maximum Gasteiger partial charge on any atom is 0.105 e. The third kappa shape index (κ3) is 2.90. The molecule has 1 aromatic heterocycles. The number of nitrogens with zero attached hydrogens (tertiary/aromatic N) is 1. The van der Waals surface area contributed by atoms with Crippen LogP contribution in [0.5, 0.6) is 0 Å². The summed E-state index contributed by atoms with van der Waals surface area (Å²) in [6.07, 6.45) is 0. The fourth-order valence-electron chi connectivity index (χ4n) is 3.22. The minimum absolute atomic E-state index is 0.850. The van der Waals surface area contributed by atoms with E-state index in [1.807, 2.05) is 54.6 Å². The number of benzene rings is 3. The number of hydrogen-bond donors (Lipinski definition) is 0. The number of hydrogen-bond acceptors (Lipinski definition) is 1. The quantitative estimate of drug-likeness (QED) is 0.337. The lowest BCUT2D eigenvalue weighted by Crippen LogP contribution is -1.83. The SMILES string of the molecule is N#Cc1c(-c2ccccc2)c(-c2ccccc2)c(Br)p1-c1ccccc1. The lowest BCUT2D eigenvalue weighted by molar-refractivity contribution is 1.52. The summed E-state index contributed by atoms with van der Waals surface area (Å²) in [5.74, 6) is 0. The molecule has 124 valence electrons. The van der Waals surface area contributed by atoms with Crippen molar-refractivity contribution >= 4 is 23.5 Å². The van der Waals surface area contributed by atoms with Crippen molar-refractivity contribution in [3.05, 3.63) is 100 Å². The van der Waals surface area contributed by atoms with E-state index in [0.717, 1.165) is 31.8 Å². The molecule has 0 fully saturated rings. The molecule has 0 amide bonds. The zero-order valence-electron chi connectivity index (χ0n) is 13.9. The Morgan fingerprint density at radius 1 is 0.654 bits per heavy atom. The zero-order chi connectivity index (χ0) is 17.9. The fraction of sp³-hybridized carbons (Fsp3) is 0. The molecule has 0 aliphatic carbocycles. The molecular formula is C23H15BrNP. The summed E-state index contributed by atoms with van der Waals surface area (Å²) in [7, 11) is -0.876. The molecule has 0 spiro atoms. The second-order valence-corrected chi connectivity index (χ2v) is 9.39. The summed E-state index contributed by atoms with van der Waals surface area (Å²) in [6.45, 7) is 0. The highest BCUT2D eigenvalue weighted by atomic mass is 79.9. The van der Waals surface area contributed by atoms with Crippen molar-refractivity contribution in [1.82, 2.24) is 0 Å². The van der Waals surface area contributed by atoms with Gasteiger partial charge in [0.2, 0.25) is 0 Å². The van der Waals surface area contributed by atoms with E-state index in [1.165, 1.54) is 5.30 Å². The highest BCUT2D eigenvalue weighted by Gasteiger charge is 2.25. The number of halogens is 1. The molecule has 0 N–H and O–H groups in total. The highest BCUT2D eigenvalue weighted by molar-refractivity contribution is 9.11. The van der Waals surface area contributed by atoms with Crippen molar-refractivity contribution in [1.29, 1.82) is 5.26 Å². The lowest BCUT2D eigenvalue weighted by atomic mass is 9.97. The lowest BCUT2D eigenvalue weighted by Gasteiger charge is -2.07. The highest BCUT2D eigenvalue weighted by Crippen LogP contribution is 2.60. The van der Waals surface area contributed by atoms with E-state index >= 15 is 0 Å². The topological polar surface area (TPSA) is 23.8 Å². The van der Waals surface area contributed by atoms with Gasteiger partial charge in [-0.05, 0) is 27.1 Å². The van der Waals surface area contributed by atoms with E-state index in [9.17, 15) is 5.26 Å². The first-order chi connectivity index (χ1) is 12.8. The maximum absolute atomic E-state index is 10.1. The Kier molecular flexibility index (Phi) is 4.76. The van der Waals surface area contributed by atoms with Crippen LogP contribution < -0.4 is 0 Å². The molecule has 1 unspecified atom stereocenters. The summed E-state index contributed by atoms with van der Waals surface area (Å²) in [5.41, 5.74) is 4.39. The van der Waals surface area contributed by atoms with Crippen molar-refractivity contribution in [3.63, 3.8) is 0 Å². The van der Waals surface area contributed by atoms with E-state index in [1.54, 1.807) is 0 Å². The Labute approximate surface area is 162 Å². The minimum Gasteiger partial charge on any atom is -0.192 e. The summed E-state index contributed by atoms with van der Waals surface area (Å²) in [5, 5.41) is 12.1. The van der Waals surface area contributed by atoms with Gasteiger partial charge in [0, 0.05) is 16.4 Å². The number of nitriles is 1. The van der Waals surface area contributed by atoms with Gasteiger partial charge < -0.3 is 0 Å². The Morgan fingerprint density at radius 2 is 1.12 bits per heavy atom. The van der Waals surface area contributed by atoms with Gasteiger partial charge in [-0.2, -0.15) is 5.26 Å². The summed E-state index contributed by atoms with van der Waals surface area (Å²) in [4.78, 5) is 0. The molecule has 4 rings (SSSR count). The van der Waals surface area contributed by atoms with Crippen LogP contribution in [-0.2, 0) is 0 Å². The van der Waals surface area contributed by atoms with E-state index in [0.29, 0.717) is 0 Å². The Hall–Kier alpha value is -2.59. The van der Waals surface area contributed by atoms with Gasteiger partial charge in [0.1, 0.15) is 6.07 Å². The molecule has 1 nitrogen and oxygen atoms in total. The molecule has 4 aromatic rings. The molecular weight excluding hydrogens is 401 g/mol. The van der Waals surface area contributed by atoms with Gasteiger partial charge in [-0.25, -0.2) is 0 Å². The molecule has 26 heavy (non-hydrogen) atoms. The van der Waals surface area contributed by atoms with Gasteiger partial charge >= 0.3 is 0 Å². The zero-order valence-corrected chi connectivity index (χ0v) is 16.4. The Bertz CT molecular complexity index is 1080. The smallest absolute Gasteiger partial charge is 0.105 e. The molecule has 0 aliphatic heterocycles. The molecule has 1 atom stereocenters. The summed E-state index contributed by atoms with van der Waals surface area (Å²) < 4.78 is 1.11. The molecule has 0 aliphatic rings. The molecule has 3 heteroatoms. The van der Waals surface area contributed by atoms with E-state index in [4.69, 9.17) is 0 Å². The van der Waals surface area contributed by atoms with Crippen molar-refractivity contribution in [3.8, 4) is 33.6 Å². The monoisotopic (exact) mass is 415 g/mol. The molecule has 0 radical (unpaired) electrons. The molecule has 0 bridgehead atoms. The summed E-state index contributed by atoms with van der Waals surface area (Å²) >= 11 is 3.88. The predicted molar refractivity (Wildman–Crippen MR) is 114 cm³/mol. The van der Waals surface area contributed by atoms with E-state index < -0.39 is 7.53 Å². The van der Waals surface area contributed by atoms with Crippen LogP contribution in [0.4, 0.5) is 0 Å². The third-order valence-electron chi connectivity index (χ3n) is 4.36. The summed E-state index contributed by atoms with van der Waals surface area (Å²) in [6, 6.07) is 33.4. The first-order valence-electron chi connectivity index (χ1n) is 8.32. The van der Waals surface area contributed by atoms with Gasteiger partial charge in [-0.1, -0.05) is 98.5 Å². The van der Waals surface area contributed by atoms with Gasteiger partial charge in [0.05, 0.1) is 9.50 Å². The van der Waals surface area contributed by atoms with Crippen LogP contribution in [0.15, 0.2) is 95.2 Å². The first-order valence-corrected chi connectivity index (χ1v) is 10.5. The van der Waals surface area contributed by atoms with Gasteiger partial charge in [-0.15, -0.1) is 0 Å². The number of rotatable bonds is 3. The molecule has 1 heterocycles. The van der Waals surface area contributed by atoms with Crippen LogP contribution in [0.2, 0.25) is 0 Å². The fourth-order valence-corrected chi connectivity index (χ4v) is 6.98. The third-order valence-corrected chi connectivity index (χ3v) is 8.02. The van der Waals surface area contributed by atoms with Gasteiger partial charge in [0.25, 0.3) is 0 Å². The average molecular weight is 416 g/mol. The van der Waals surface area contributed by atoms with Crippen LogP contribution in [0, 0.1) is 11.3 Å². The van der Waals surface area contributed by atoms with Crippen molar-refractivity contribution in [2.75, 3.05) is 0 Å². The van der Waals surface area contributed by atoms with Crippen molar-refractivity contribution < 1.29 is 0 Å². The Morgan fingerprint density at radius 3 is 1.62 bits per heavy atom. The van der Waals surface area contributed by atoms with Crippen LogP contribution in [0.1, 0.15) is 5.30 Å². The van der Waals surface area contributed by atoms with Crippen LogP contribution in [-0.4, -0.2) is 0 Å². The largest absolute Gasteiger partial charge is 0.192 e. The molecule has 3 aromatic carbocycles. The maximum atomic E-state index is 10.1. The van der Waals surface area contributed by atoms with Gasteiger partial charge in [-0.3, -0.25) is 0 Å². The van der Waals surface area contributed by atoms with Crippen molar-refractivity contribution in [2.24, 2.45) is 0 Å². The standard InChI is InChI=1S/C23H15BrNP/c24-23-22(18-12-6-2-7-13-18)21(17-10-4-1-5-11-17)20(16-25)26(23)19-14-8-3-9-15-19/h1-15H. The predicted octanol–water partition coefficient (Wildman–Crippen LogP) is 7.63. The van der Waals surface area contributed by atoms with E-state index in [2.05, 4.69) is 58.4 Å². The first kappa shape index (κ1) is 16.9. The molecule has 0 saturated heterocycles. The Balaban J connectivity index is 2.11. The minimum atomic E-state index is -0.876. The second kappa shape index (κ2) is 7.34.